The number of nitrogens with one attached hydrogen (secondary N) is 1. The van der Waals surface area contributed by atoms with Gasteiger partial charge in [0.05, 0.1) is 6.04 Å². The zero-order valence-electron chi connectivity index (χ0n) is 19.9. The van der Waals surface area contributed by atoms with Gasteiger partial charge in [0.2, 0.25) is 0 Å². The Morgan fingerprint density at radius 1 is 0.771 bits per heavy atom. The number of hydrogen-bond acceptors (Lipinski definition) is 3. The summed E-state index contributed by atoms with van der Waals surface area (Å²) in [6.45, 7) is 2.52. The molecule has 0 bridgehead atoms. The van der Waals surface area contributed by atoms with Crippen molar-refractivity contribution in [3.8, 4) is 0 Å². The summed E-state index contributed by atoms with van der Waals surface area (Å²) in [6, 6.07) is 36.0. The molecule has 1 aliphatic rings. The maximum Gasteiger partial charge on any atom is 0.251 e. The quantitative estimate of drug-likeness (QED) is 0.388. The van der Waals surface area contributed by atoms with Crippen LogP contribution in [0.1, 0.15) is 45.9 Å². The fraction of sp³-hybridized carbons (Fsp3) is 0.226. The summed E-state index contributed by atoms with van der Waals surface area (Å²) in [7, 11) is 0. The smallest absolute Gasteiger partial charge is 0.251 e. The number of rotatable bonds is 7. The van der Waals surface area contributed by atoms with Gasteiger partial charge in [-0.15, -0.1) is 0 Å². The molecule has 0 spiro atoms. The zero-order valence-corrected chi connectivity index (χ0v) is 19.9. The number of nitrogens with zero attached hydrogens (tertiary/aromatic N) is 2. The molecule has 1 N–H and O–H groups in total. The predicted molar refractivity (Wildman–Crippen MR) is 140 cm³/mol. The molecule has 1 aromatic heterocycles. The van der Waals surface area contributed by atoms with Gasteiger partial charge in [-0.25, -0.2) is 0 Å². The molecule has 176 valence electrons. The minimum absolute atomic E-state index is 0.0448. The highest BCUT2D eigenvalue weighted by atomic mass is 16.1. The summed E-state index contributed by atoms with van der Waals surface area (Å²) >= 11 is 0. The van der Waals surface area contributed by atoms with Crippen LogP contribution in [0.2, 0.25) is 0 Å². The van der Waals surface area contributed by atoms with E-state index in [9.17, 15) is 4.79 Å². The number of piperidine rings is 1. The van der Waals surface area contributed by atoms with E-state index in [1.807, 2.05) is 0 Å². The predicted octanol–water partition coefficient (Wildman–Crippen LogP) is 5.63. The third-order valence-electron chi connectivity index (χ3n) is 7.27. The molecule has 0 radical (unpaired) electrons. The molecule has 0 aliphatic carbocycles. The molecular formula is C31H31N3O. The lowest BCUT2D eigenvalue weighted by atomic mass is 9.72. The van der Waals surface area contributed by atoms with Gasteiger partial charge in [0.15, 0.2) is 0 Å². The maximum absolute atomic E-state index is 12.9. The van der Waals surface area contributed by atoms with Crippen molar-refractivity contribution in [2.24, 2.45) is 0 Å². The summed E-state index contributed by atoms with van der Waals surface area (Å²) < 4.78 is 0. The first-order chi connectivity index (χ1) is 17.3. The number of hydrogen-bond donors (Lipinski definition) is 1. The van der Waals surface area contributed by atoms with Crippen LogP contribution in [-0.2, 0) is 5.41 Å². The van der Waals surface area contributed by atoms with E-state index >= 15 is 0 Å². The number of likely N-dealkylation sites (tertiary alicyclic amines) is 1. The molecule has 2 heterocycles. The third-order valence-corrected chi connectivity index (χ3v) is 7.27. The van der Waals surface area contributed by atoms with Crippen LogP contribution in [0.3, 0.4) is 0 Å². The van der Waals surface area contributed by atoms with Gasteiger partial charge in [-0.3, -0.25) is 14.7 Å². The molecule has 5 rings (SSSR count). The summed E-state index contributed by atoms with van der Waals surface area (Å²) in [6.07, 6.45) is 5.27. The average Bonchev–Trinajstić information content (AvgIpc) is 2.95. The molecule has 4 nitrogen and oxygen atoms in total. The summed E-state index contributed by atoms with van der Waals surface area (Å²) in [5.41, 5.74) is 4.48. The Labute approximate surface area is 207 Å². The number of pyridine rings is 1. The number of aromatic nitrogens is 1. The molecule has 0 unspecified atom stereocenters. The first-order valence-electron chi connectivity index (χ1n) is 12.3. The van der Waals surface area contributed by atoms with E-state index in [4.69, 9.17) is 0 Å². The van der Waals surface area contributed by atoms with Crippen molar-refractivity contribution in [3.63, 3.8) is 0 Å². The second kappa shape index (κ2) is 10.7. The Hall–Kier alpha value is -3.76. The topological polar surface area (TPSA) is 45.2 Å². The van der Waals surface area contributed by atoms with E-state index in [0.29, 0.717) is 12.1 Å². The van der Waals surface area contributed by atoms with Gasteiger partial charge >= 0.3 is 0 Å². The van der Waals surface area contributed by atoms with E-state index in [2.05, 4.69) is 106 Å². The first-order valence-corrected chi connectivity index (χ1v) is 12.3. The Morgan fingerprint density at radius 2 is 1.29 bits per heavy atom. The second-order valence-corrected chi connectivity index (χ2v) is 9.32. The van der Waals surface area contributed by atoms with Gasteiger partial charge in [0.25, 0.3) is 5.91 Å². The van der Waals surface area contributed by atoms with Gasteiger partial charge in [-0.05, 0) is 54.8 Å². The standard InChI is InChI=1S/C31H31N3O/c35-30(27-16-20-32-21-17-27)33-24-31(28-14-8-3-9-15-28)18-22-34(23-19-31)29(25-10-4-1-5-11-25)26-12-6-2-7-13-26/h1-17,20-21,29H,18-19,22-24H2,(H,33,35). The van der Waals surface area contributed by atoms with Gasteiger partial charge < -0.3 is 5.32 Å². The molecular weight excluding hydrogens is 430 g/mol. The minimum atomic E-state index is -0.0988. The van der Waals surface area contributed by atoms with Crippen LogP contribution < -0.4 is 5.32 Å². The molecule has 35 heavy (non-hydrogen) atoms. The second-order valence-electron chi connectivity index (χ2n) is 9.32. The minimum Gasteiger partial charge on any atom is -0.351 e. The van der Waals surface area contributed by atoms with E-state index in [-0.39, 0.29) is 17.4 Å². The van der Waals surface area contributed by atoms with Crippen molar-refractivity contribution in [2.45, 2.75) is 24.3 Å². The van der Waals surface area contributed by atoms with Crippen molar-refractivity contribution in [3.05, 3.63) is 138 Å². The lowest BCUT2D eigenvalue weighted by molar-refractivity contribution is 0.0908. The van der Waals surface area contributed by atoms with Crippen molar-refractivity contribution in [2.75, 3.05) is 19.6 Å². The first kappa shape index (κ1) is 23.0. The zero-order chi connectivity index (χ0) is 23.9. The third kappa shape index (κ3) is 5.18. The lowest BCUT2D eigenvalue weighted by Crippen LogP contribution is -2.49. The van der Waals surface area contributed by atoms with Gasteiger partial charge in [-0.1, -0.05) is 91.0 Å². The monoisotopic (exact) mass is 461 g/mol. The largest absolute Gasteiger partial charge is 0.351 e. The van der Waals surface area contributed by atoms with Crippen LogP contribution in [-0.4, -0.2) is 35.4 Å². The normalized spacial score (nSPS) is 15.6. The van der Waals surface area contributed by atoms with E-state index in [1.165, 1.54) is 16.7 Å². The van der Waals surface area contributed by atoms with Gasteiger partial charge in [-0.2, -0.15) is 0 Å². The summed E-state index contributed by atoms with van der Waals surface area (Å²) in [4.78, 5) is 19.5. The van der Waals surface area contributed by atoms with Crippen LogP contribution in [0.5, 0.6) is 0 Å². The van der Waals surface area contributed by atoms with Crippen LogP contribution in [0, 0.1) is 0 Å². The Balaban J connectivity index is 1.38. The highest BCUT2D eigenvalue weighted by Gasteiger charge is 2.38. The number of carbonyl (C=O) groups excluding carboxylic acids is 1. The highest BCUT2D eigenvalue weighted by Crippen LogP contribution is 2.39. The van der Waals surface area contributed by atoms with Crippen molar-refractivity contribution in [1.82, 2.24) is 15.2 Å². The van der Waals surface area contributed by atoms with Crippen LogP contribution in [0.4, 0.5) is 0 Å². The lowest BCUT2D eigenvalue weighted by Gasteiger charge is -2.45. The maximum atomic E-state index is 12.9. The molecule has 3 aromatic carbocycles. The van der Waals surface area contributed by atoms with Crippen LogP contribution in [0.25, 0.3) is 0 Å². The van der Waals surface area contributed by atoms with Crippen molar-refractivity contribution >= 4 is 5.91 Å². The Bertz CT molecular complexity index is 1170. The Kier molecular flexibility index (Phi) is 7.01. The molecule has 1 amide bonds. The molecule has 4 heteroatoms. The number of carbonyl (C=O) groups is 1. The average molecular weight is 462 g/mol. The fourth-order valence-corrected chi connectivity index (χ4v) is 5.31. The molecule has 1 aliphatic heterocycles. The van der Waals surface area contributed by atoms with E-state index in [1.54, 1.807) is 24.5 Å². The number of benzene rings is 3. The summed E-state index contributed by atoms with van der Waals surface area (Å²) in [5, 5.41) is 3.23. The molecule has 0 atom stereocenters. The molecule has 1 fully saturated rings. The fourth-order valence-electron chi connectivity index (χ4n) is 5.31. The molecule has 1 saturated heterocycles. The molecule has 4 aromatic rings. The molecule has 0 saturated carbocycles. The van der Waals surface area contributed by atoms with E-state index < -0.39 is 0 Å². The van der Waals surface area contributed by atoms with Crippen LogP contribution >= 0.6 is 0 Å². The Morgan fingerprint density at radius 3 is 1.83 bits per heavy atom. The van der Waals surface area contributed by atoms with Crippen molar-refractivity contribution in [1.29, 1.82) is 0 Å². The highest BCUT2D eigenvalue weighted by molar-refractivity contribution is 5.94. The van der Waals surface area contributed by atoms with E-state index in [0.717, 1.165) is 25.9 Å². The number of amides is 1. The van der Waals surface area contributed by atoms with Crippen molar-refractivity contribution < 1.29 is 4.79 Å². The summed E-state index contributed by atoms with van der Waals surface area (Å²) in [5.74, 6) is -0.0448. The van der Waals surface area contributed by atoms with Gasteiger partial charge in [0, 0.05) is 29.9 Å². The van der Waals surface area contributed by atoms with Crippen LogP contribution in [0.15, 0.2) is 116 Å². The SMILES string of the molecule is O=C(NCC1(c2ccccc2)CCN(C(c2ccccc2)c2ccccc2)CC1)c1ccncc1. The van der Waals surface area contributed by atoms with Gasteiger partial charge in [0.1, 0.15) is 0 Å².